The highest BCUT2D eigenvalue weighted by atomic mass is 127. The number of carbonyl (C=O) groups is 1. The predicted molar refractivity (Wildman–Crippen MR) is 99.2 cm³/mol. The molecular formula is C17H20INO4. The number of rotatable bonds is 5. The molecule has 0 radical (unpaired) electrons. The Morgan fingerprint density at radius 2 is 1.61 bits per heavy atom. The van der Waals surface area contributed by atoms with Crippen LogP contribution in [0.4, 0.5) is 5.69 Å². The molecule has 2 aromatic carbocycles. The lowest BCUT2D eigenvalue weighted by Gasteiger charge is -2.27. The molecule has 0 saturated carbocycles. The summed E-state index contributed by atoms with van der Waals surface area (Å²) in [6, 6.07) is 7.55. The van der Waals surface area contributed by atoms with E-state index < -0.39 is 5.60 Å². The molecule has 0 aliphatic rings. The summed E-state index contributed by atoms with van der Waals surface area (Å²) in [5.41, 5.74) is 0.165. The Morgan fingerprint density at radius 1 is 1.04 bits per heavy atom. The second kappa shape index (κ2) is 6.92. The molecule has 124 valence electrons. The average Bonchev–Trinajstić information content (AvgIpc) is 2.51. The van der Waals surface area contributed by atoms with E-state index in [0.29, 0.717) is 23.6 Å². The molecule has 23 heavy (non-hydrogen) atoms. The molecule has 0 heterocycles. The van der Waals surface area contributed by atoms with E-state index >= 15 is 0 Å². The number of anilines is 1. The zero-order valence-electron chi connectivity index (χ0n) is 13.8. The van der Waals surface area contributed by atoms with E-state index in [1.165, 1.54) is 5.06 Å². The molecule has 2 rings (SSSR count). The third kappa shape index (κ3) is 3.87. The first kappa shape index (κ1) is 17.8. The number of carbonyl (C=O) groups excluding carboxylic acids is 1. The maximum atomic E-state index is 11.5. The minimum Gasteiger partial charge on any atom is -0.493 e. The van der Waals surface area contributed by atoms with Crippen molar-refractivity contribution >= 4 is 45.5 Å². The molecule has 0 bridgehead atoms. The van der Waals surface area contributed by atoms with Crippen LogP contribution >= 0.6 is 22.6 Å². The quantitative estimate of drug-likeness (QED) is 0.407. The minimum atomic E-state index is -0.493. The van der Waals surface area contributed by atoms with Crippen LogP contribution in [-0.4, -0.2) is 26.2 Å². The lowest BCUT2D eigenvalue weighted by molar-refractivity contribution is -0.120. The van der Waals surface area contributed by atoms with Crippen molar-refractivity contribution < 1.29 is 19.1 Å². The maximum absolute atomic E-state index is 11.5. The normalized spacial score (nSPS) is 11.4. The van der Waals surface area contributed by atoms with E-state index in [4.69, 9.17) is 14.3 Å². The van der Waals surface area contributed by atoms with E-state index in [1.54, 1.807) is 14.2 Å². The van der Waals surface area contributed by atoms with E-state index in [9.17, 15) is 4.79 Å². The average molecular weight is 429 g/mol. The van der Waals surface area contributed by atoms with Gasteiger partial charge in [-0.1, -0.05) is 0 Å². The van der Waals surface area contributed by atoms with Gasteiger partial charge in [0.2, 0.25) is 6.41 Å². The molecule has 1 amide bonds. The van der Waals surface area contributed by atoms with Gasteiger partial charge in [0, 0.05) is 14.3 Å². The van der Waals surface area contributed by atoms with Gasteiger partial charge in [-0.05, 0) is 67.6 Å². The molecule has 0 aromatic heterocycles. The Bertz CT molecular complexity index is 725. The molecule has 2 aromatic rings. The third-order valence-corrected chi connectivity index (χ3v) is 4.09. The van der Waals surface area contributed by atoms with Gasteiger partial charge in [-0.3, -0.25) is 9.63 Å². The van der Waals surface area contributed by atoms with Gasteiger partial charge in [0.05, 0.1) is 25.5 Å². The summed E-state index contributed by atoms with van der Waals surface area (Å²) in [7, 11) is 3.18. The highest BCUT2D eigenvalue weighted by Crippen LogP contribution is 2.39. The first-order valence-electron chi connectivity index (χ1n) is 7.08. The summed E-state index contributed by atoms with van der Waals surface area (Å²) in [5.74, 6) is 1.24. The number of nitrogens with zero attached hydrogens (tertiary/aromatic N) is 1. The molecule has 0 saturated heterocycles. The Morgan fingerprint density at radius 3 is 2.09 bits per heavy atom. The molecule has 0 spiro atoms. The molecular weight excluding hydrogens is 409 g/mol. The molecule has 0 aliphatic carbocycles. The molecule has 0 N–H and O–H groups in total. The standard InChI is InChI=1S/C17H20INO4/c1-17(2,3)23-19(10-20)14-7-6-13(18)11-8-15(21-4)16(22-5)9-12(11)14/h6-10H,1-5H3. The number of halogens is 1. The second-order valence-electron chi connectivity index (χ2n) is 5.95. The number of hydrogen-bond acceptors (Lipinski definition) is 4. The fourth-order valence-electron chi connectivity index (χ4n) is 2.23. The van der Waals surface area contributed by atoms with E-state index in [0.717, 1.165) is 14.3 Å². The Labute approximate surface area is 149 Å². The van der Waals surface area contributed by atoms with Gasteiger partial charge in [-0.25, -0.2) is 0 Å². The fourth-order valence-corrected chi connectivity index (χ4v) is 2.86. The third-order valence-electron chi connectivity index (χ3n) is 3.15. The fraction of sp³-hybridized carbons (Fsp3) is 0.353. The zero-order chi connectivity index (χ0) is 17.2. The molecule has 0 unspecified atom stereocenters. The van der Waals surface area contributed by atoms with Crippen molar-refractivity contribution in [1.29, 1.82) is 0 Å². The van der Waals surface area contributed by atoms with E-state index in [1.807, 2.05) is 45.0 Å². The van der Waals surface area contributed by atoms with Gasteiger partial charge in [0.25, 0.3) is 0 Å². The molecule has 0 atom stereocenters. The number of hydrogen-bond donors (Lipinski definition) is 0. The van der Waals surface area contributed by atoms with Crippen LogP contribution in [0.1, 0.15) is 20.8 Å². The van der Waals surface area contributed by atoms with Gasteiger partial charge < -0.3 is 9.47 Å². The summed E-state index contributed by atoms with van der Waals surface area (Å²) in [4.78, 5) is 17.3. The van der Waals surface area contributed by atoms with Gasteiger partial charge >= 0.3 is 0 Å². The lowest BCUT2D eigenvalue weighted by Crippen LogP contribution is -2.33. The number of methoxy groups -OCH3 is 2. The molecule has 5 nitrogen and oxygen atoms in total. The first-order chi connectivity index (χ1) is 10.8. The summed E-state index contributed by atoms with van der Waals surface area (Å²) < 4.78 is 11.8. The van der Waals surface area contributed by atoms with Crippen molar-refractivity contribution in [3.05, 3.63) is 27.8 Å². The maximum Gasteiger partial charge on any atom is 0.238 e. The minimum absolute atomic E-state index is 0.493. The van der Waals surface area contributed by atoms with Crippen molar-refractivity contribution in [3.63, 3.8) is 0 Å². The van der Waals surface area contributed by atoms with Crippen molar-refractivity contribution in [2.24, 2.45) is 0 Å². The van der Waals surface area contributed by atoms with Crippen LogP contribution < -0.4 is 14.5 Å². The number of amides is 1. The predicted octanol–water partition coefficient (Wildman–Crippen LogP) is 4.15. The smallest absolute Gasteiger partial charge is 0.238 e. The molecule has 6 heteroatoms. The highest BCUT2D eigenvalue weighted by molar-refractivity contribution is 14.1. The van der Waals surface area contributed by atoms with Crippen LogP contribution in [0.25, 0.3) is 10.8 Å². The van der Waals surface area contributed by atoms with Gasteiger partial charge in [-0.2, -0.15) is 5.06 Å². The van der Waals surface area contributed by atoms with Crippen LogP contribution in [0.5, 0.6) is 11.5 Å². The first-order valence-corrected chi connectivity index (χ1v) is 8.16. The molecule has 0 aliphatic heterocycles. The number of ether oxygens (including phenoxy) is 2. The SMILES string of the molecule is COc1cc2c(I)ccc(N(C=O)OC(C)(C)C)c2cc1OC. The monoisotopic (exact) mass is 429 g/mol. The van der Waals surface area contributed by atoms with Crippen LogP contribution in [0.3, 0.4) is 0 Å². The zero-order valence-corrected chi connectivity index (χ0v) is 16.0. The van der Waals surface area contributed by atoms with Crippen LogP contribution in [0.15, 0.2) is 24.3 Å². The van der Waals surface area contributed by atoms with Crippen molar-refractivity contribution in [2.45, 2.75) is 26.4 Å². The van der Waals surface area contributed by atoms with Crippen LogP contribution in [0.2, 0.25) is 0 Å². The topological polar surface area (TPSA) is 48.0 Å². The van der Waals surface area contributed by atoms with Crippen molar-refractivity contribution in [1.82, 2.24) is 0 Å². The van der Waals surface area contributed by atoms with Crippen LogP contribution in [0, 0.1) is 3.57 Å². The largest absolute Gasteiger partial charge is 0.493 e. The Hall–Kier alpha value is -1.54. The van der Waals surface area contributed by atoms with Gasteiger partial charge in [0.15, 0.2) is 11.5 Å². The van der Waals surface area contributed by atoms with Gasteiger partial charge in [0.1, 0.15) is 0 Å². The number of fused-ring (bicyclic) bond motifs is 1. The second-order valence-corrected chi connectivity index (χ2v) is 7.12. The van der Waals surface area contributed by atoms with Crippen molar-refractivity contribution in [2.75, 3.05) is 19.3 Å². The Balaban J connectivity index is 2.69. The van der Waals surface area contributed by atoms with E-state index in [2.05, 4.69) is 22.6 Å². The lowest BCUT2D eigenvalue weighted by atomic mass is 10.1. The van der Waals surface area contributed by atoms with Crippen molar-refractivity contribution in [3.8, 4) is 11.5 Å². The van der Waals surface area contributed by atoms with Crippen LogP contribution in [-0.2, 0) is 9.63 Å². The highest BCUT2D eigenvalue weighted by Gasteiger charge is 2.21. The van der Waals surface area contributed by atoms with Gasteiger partial charge in [-0.15, -0.1) is 0 Å². The summed E-state index contributed by atoms with van der Waals surface area (Å²) in [6.45, 7) is 5.67. The summed E-state index contributed by atoms with van der Waals surface area (Å²) >= 11 is 2.25. The number of hydroxylamine groups is 1. The Kier molecular flexibility index (Phi) is 5.36. The molecule has 0 fully saturated rings. The summed E-state index contributed by atoms with van der Waals surface area (Å²) in [6.07, 6.45) is 0.670. The summed E-state index contributed by atoms with van der Waals surface area (Å²) in [5, 5.41) is 3.07. The van der Waals surface area contributed by atoms with E-state index in [-0.39, 0.29) is 0 Å². The number of benzene rings is 2.